The van der Waals surface area contributed by atoms with Crippen LogP contribution in [0.5, 0.6) is 0 Å². The summed E-state index contributed by atoms with van der Waals surface area (Å²) in [5.41, 5.74) is 7.24. The number of halogens is 1. The molecule has 18 heteroatoms. The number of β-lactam (4-membered cyclic amide) rings is 1. The van der Waals surface area contributed by atoms with Gasteiger partial charge < -0.3 is 26.1 Å². The van der Waals surface area contributed by atoms with Crippen LogP contribution in [0.25, 0.3) is 11.1 Å². The molecule has 2 aliphatic heterocycles. The molecule has 3 aromatic rings. The van der Waals surface area contributed by atoms with Gasteiger partial charge in [0, 0.05) is 35.2 Å². The largest absolute Gasteiger partial charge is 0.478 e. The van der Waals surface area contributed by atoms with Crippen LogP contribution < -0.4 is 15.6 Å². The minimum Gasteiger partial charge on any atom is -0.478 e. The molecule has 1 saturated heterocycles. The van der Waals surface area contributed by atoms with Crippen LogP contribution in [0.1, 0.15) is 12.6 Å². The molecule has 0 aliphatic carbocycles. The molecule has 0 bridgehead atoms. The highest BCUT2D eigenvalue weighted by atomic mass is 35.5. The molecule has 42 heavy (non-hydrogen) atoms. The molecule has 3 atom stereocenters. The van der Waals surface area contributed by atoms with E-state index in [1.165, 1.54) is 18.7 Å². The van der Waals surface area contributed by atoms with Gasteiger partial charge >= 0.3 is 11.9 Å². The number of hydrogen-bond acceptors (Lipinski definition) is 11. The maximum atomic E-state index is 13.2. The number of aromatic nitrogens is 4. The second-order valence-corrected chi connectivity index (χ2v) is 11.8. The zero-order valence-corrected chi connectivity index (χ0v) is 23.9. The minimum absolute atomic E-state index is 0.00220. The van der Waals surface area contributed by atoms with Crippen molar-refractivity contribution < 1.29 is 38.8 Å². The maximum absolute atomic E-state index is 13.2. The first-order valence-electron chi connectivity index (χ1n) is 12.1. The lowest BCUT2D eigenvalue weighted by atomic mass is 10.0. The van der Waals surface area contributed by atoms with E-state index in [4.69, 9.17) is 27.3 Å². The van der Waals surface area contributed by atoms with Gasteiger partial charge in [0.2, 0.25) is 6.10 Å². The fourth-order valence-corrected chi connectivity index (χ4v) is 6.49. The van der Waals surface area contributed by atoms with Gasteiger partial charge in [-0.25, -0.2) is 19.1 Å². The second-order valence-electron chi connectivity index (χ2n) is 9.06. The van der Waals surface area contributed by atoms with Crippen LogP contribution in [-0.4, -0.2) is 83.0 Å². The molecule has 1 fully saturated rings. The quantitative estimate of drug-likeness (QED) is 0.0905. The number of nitrogens with one attached hydrogen (secondary N) is 2. The lowest BCUT2D eigenvalue weighted by Gasteiger charge is -2.49. The third-order valence-electron chi connectivity index (χ3n) is 6.32. The maximum Gasteiger partial charge on any atom is 0.352 e. The van der Waals surface area contributed by atoms with Gasteiger partial charge in [0.25, 0.3) is 11.8 Å². The van der Waals surface area contributed by atoms with E-state index in [0.29, 0.717) is 5.57 Å². The number of amides is 2. The Morgan fingerprint density at radius 2 is 2.07 bits per heavy atom. The number of hydrogen-bond donors (Lipinski definition) is 5. The fraction of sp³-hybridized carbons (Fsp3) is 0.250. The number of pyridine rings is 1. The molecule has 5 rings (SSSR count). The number of carbonyl (C=O) groups excluding carboxylic acids is 2. The first-order chi connectivity index (χ1) is 20.0. The van der Waals surface area contributed by atoms with Crippen molar-refractivity contribution in [3.63, 3.8) is 0 Å². The van der Waals surface area contributed by atoms with Crippen LogP contribution in [0.3, 0.4) is 0 Å². The first kappa shape index (κ1) is 29.0. The first-order valence-corrected chi connectivity index (χ1v) is 14.4. The number of nitrogen functional groups attached to an aromatic ring is 1. The number of oxime groups is 1. The normalized spacial score (nSPS) is 19.1. The Bertz CT molecular complexity index is 1620. The summed E-state index contributed by atoms with van der Waals surface area (Å²) < 4.78 is 1.80. The number of rotatable bonds is 10. The Balaban J connectivity index is 1.34. The summed E-state index contributed by atoms with van der Waals surface area (Å²) in [6, 6.07) is 2.64. The van der Waals surface area contributed by atoms with Gasteiger partial charge in [-0.15, -0.1) is 11.8 Å². The summed E-state index contributed by atoms with van der Waals surface area (Å²) in [6.45, 7) is 1.43. The summed E-state index contributed by atoms with van der Waals surface area (Å²) in [7, 11) is 0. The van der Waals surface area contributed by atoms with E-state index in [9.17, 15) is 24.3 Å². The molecule has 6 N–H and O–H groups in total. The minimum atomic E-state index is -1.40. The van der Waals surface area contributed by atoms with E-state index >= 15 is 0 Å². The summed E-state index contributed by atoms with van der Waals surface area (Å²) in [5, 5.41) is 31.3. The van der Waals surface area contributed by atoms with Crippen molar-refractivity contribution >= 4 is 69.3 Å². The number of aromatic amines is 1. The molecular formula is C24H22ClN8O7S2+. The average Bonchev–Trinajstić information content (AvgIpc) is 3.61. The van der Waals surface area contributed by atoms with Crippen molar-refractivity contribution in [3.05, 3.63) is 58.2 Å². The lowest BCUT2D eigenvalue weighted by molar-refractivity contribution is -0.689. The molecule has 218 valence electrons. The number of carbonyl (C=O) groups is 4. The zero-order chi connectivity index (χ0) is 30.1. The summed E-state index contributed by atoms with van der Waals surface area (Å²) in [6.07, 6.45) is 5.65. The van der Waals surface area contributed by atoms with Crippen molar-refractivity contribution in [3.8, 4) is 11.1 Å². The lowest BCUT2D eigenvalue weighted by Crippen LogP contribution is -2.71. The highest BCUT2D eigenvalue weighted by molar-refractivity contribution is 8.00. The third kappa shape index (κ3) is 5.65. The van der Waals surface area contributed by atoms with E-state index in [1.807, 2.05) is 12.1 Å². The number of carboxylic acid groups (broad SMARTS) is 2. The predicted molar refractivity (Wildman–Crippen MR) is 150 cm³/mol. The second kappa shape index (κ2) is 11.8. The van der Waals surface area contributed by atoms with Crippen LogP contribution in [0, 0.1) is 0 Å². The Hall–Kier alpha value is -4.48. The van der Waals surface area contributed by atoms with E-state index in [2.05, 4.69) is 25.7 Å². The van der Waals surface area contributed by atoms with Gasteiger partial charge in [-0.1, -0.05) is 28.1 Å². The Labute approximate surface area is 250 Å². The van der Waals surface area contributed by atoms with Gasteiger partial charge in [0.15, 0.2) is 29.8 Å². The van der Waals surface area contributed by atoms with Crippen molar-refractivity contribution in [1.29, 1.82) is 0 Å². The number of fused-ring (bicyclic) bond motifs is 1. The van der Waals surface area contributed by atoms with Crippen LogP contribution in [0.2, 0.25) is 4.34 Å². The van der Waals surface area contributed by atoms with Crippen molar-refractivity contribution in [2.75, 3.05) is 11.5 Å². The van der Waals surface area contributed by atoms with Gasteiger partial charge in [-0.05, 0) is 12.5 Å². The molecule has 0 aromatic carbocycles. The monoisotopic (exact) mass is 633 g/mol. The molecule has 0 radical (unpaired) electrons. The van der Waals surface area contributed by atoms with Gasteiger partial charge in [0.1, 0.15) is 27.1 Å². The molecular weight excluding hydrogens is 612 g/mol. The number of thioether (sulfide) groups is 1. The molecule has 3 aromatic heterocycles. The van der Waals surface area contributed by atoms with E-state index in [0.717, 1.165) is 27.4 Å². The molecule has 2 aliphatic rings. The topological polar surface area (TPSA) is 217 Å². The molecule has 2 unspecified atom stereocenters. The van der Waals surface area contributed by atoms with Crippen molar-refractivity contribution in [1.82, 2.24) is 25.4 Å². The SMILES string of the molecule is C[C@H](O/N=C(\C(=O)NC1C(=O)N2C(C(=O)O)=C(C[n+]3ccc(-c4cn[nH]c4)cc3)CSC12)c1nc(N)sc1Cl)C(=O)O. The predicted octanol–water partition coefficient (Wildman–Crippen LogP) is 0.689. The molecule has 5 heterocycles. The molecule has 0 spiro atoms. The van der Waals surface area contributed by atoms with Crippen molar-refractivity contribution in [2.24, 2.45) is 5.16 Å². The van der Waals surface area contributed by atoms with E-state index < -0.39 is 47.0 Å². The summed E-state index contributed by atoms with van der Waals surface area (Å²) in [4.78, 5) is 59.9. The number of thiazole rings is 1. The van der Waals surface area contributed by atoms with Crippen LogP contribution in [0.4, 0.5) is 5.13 Å². The van der Waals surface area contributed by atoms with Crippen LogP contribution in [-0.2, 0) is 30.6 Å². The van der Waals surface area contributed by atoms with E-state index in [1.54, 1.807) is 29.4 Å². The van der Waals surface area contributed by atoms with Crippen LogP contribution >= 0.6 is 34.7 Å². The zero-order valence-electron chi connectivity index (χ0n) is 21.6. The number of nitrogens with two attached hydrogens (primary N) is 1. The number of anilines is 1. The standard InChI is InChI=1S/C24H21ClN8O7S2/c1-10(22(36)37)40-31-15(14-18(25)42-24(26)30-14)19(34)29-16-20(35)33-17(23(38)39)13(9-41-21(16)33)8-32-4-2-11(3-5-32)12-6-27-28-7-12/h2-7,10,16,21H,8-9H2,1H3,(H5,26,29,30,34,36,37,38,39)/p+1/b31-15-/t10-,16?,21?/m0/s1. The average molecular weight is 634 g/mol. The number of H-pyrrole nitrogens is 1. The third-order valence-corrected chi connectivity index (χ3v) is 8.75. The molecule has 2 amide bonds. The van der Waals surface area contributed by atoms with Gasteiger partial charge in [-0.3, -0.25) is 19.6 Å². The summed E-state index contributed by atoms with van der Waals surface area (Å²) in [5.74, 6) is -3.89. The Kier molecular flexibility index (Phi) is 8.15. The highest BCUT2D eigenvalue weighted by Crippen LogP contribution is 2.40. The Morgan fingerprint density at radius 1 is 1.33 bits per heavy atom. The van der Waals surface area contributed by atoms with Crippen molar-refractivity contribution in [2.45, 2.75) is 31.0 Å². The van der Waals surface area contributed by atoms with Crippen LogP contribution in [0.15, 0.2) is 53.3 Å². The molecule has 15 nitrogen and oxygen atoms in total. The number of nitrogens with zero attached hydrogens (tertiary/aromatic N) is 5. The number of carboxylic acids is 2. The molecule has 0 saturated carbocycles. The fourth-order valence-electron chi connectivity index (χ4n) is 4.23. The smallest absolute Gasteiger partial charge is 0.352 e. The summed E-state index contributed by atoms with van der Waals surface area (Å²) >= 11 is 8.29. The highest BCUT2D eigenvalue weighted by Gasteiger charge is 2.55. The Morgan fingerprint density at radius 3 is 2.67 bits per heavy atom. The van der Waals surface area contributed by atoms with Gasteiger partial charge in [0.05, 0.1) is 6.20 Å². The van der Waals surface area contributed by atoms with E-state index in [-0.39, 0.29) is 33.2 Å². The van der Waals surface area contributed by atoms with Gasteiger partial charge in [-0.2, -0.15) is 5.10 Å². The number of aliphatic carboxylic acids is 2.